The minimum atomic E-state index is -1.51. The van der Waals surface area contributed by atoms with E-state index in [0.717, 1.165) is 19.3 Å². The number of hydrogen-bond donors (Lipinski definition) is 1. The maximum atomic E-state index is 11.1. The SMILES string of the molecule is CCCCCC(C(C)=O)C(=O)C(=O)O. The minimum Gasteiger partial charge on any atom is -0.475 e. The van der Waals surface area contributed by atoms with Gasteiger partial charge in [0.2, 0.25) is 5.78 Å². The summed E-state index contributed by atoms with van der Waals surface area (Å²) in [6, 6.07) is 0. The molecule has 0 aromatic rings. The molecule has 0 aliphatic rings. The topological polar surface area (TPSA) is 71.4 Å². The first-order valence-corrected chi connectivity index (χ1v) is 4.78. The van der Waals surface area contributed by atoms with E-state index in [4.69, 9.17) is 5.11 Å². The number of carboxylic acids is 1. The molecule has 80 valence electrons. The third-order valence-corrected chi connectivity index (χ3v) is 2.11. The van der Waals surface area contributed by atoms with Gasteiger partial charge in [0.15, 0.2) is 0 Å². The zero-order valence-electron chi connectivity index (χ0n) is 8.58. The maximum Gasteiger partial charge on any atom is 0.372 e. The third kappa shape index (κ3) is 4.16. The molecular formula is C10H16O4. The van der Waals surface area contributed by atoms with Crippen LogP contribution in [-0.4, -0.2) is 22.6 Å². The predicted octanol–water partition coefficient (Wildman–Crippen LogP) is 1.43. The molecule has 0 aliphatic carbocycles. The molecule has 4 nitrogen and oxygen atoms in total. The quantitative estimate of drug-likeness (QED) is 0.383. The summed E-state index contributed by atoms with van der Waals surface area (Å²) in [5.74, 6) is -3.79. The van der Waals surface area contributed by atoms with Crippen LogP contribution in [0.1, 0.15) is 39.5 Å². The standard InChI is InChI=1S/C10H16O4/c1-3-4-5-6-8(7(2)11)9(12)10(13)14/h8H,3-6H2,1-2H3,(H,13,14). The van der Waals surface area contributed by atoms with Crippen molar-refractivity contribution in [2.75, 3.05) is 0 Å². The van der Waals surface area contributed by atoms with Crippen molar-refractivity contribution in [3.63, 3.8) is 0 Å². The van der Waals surface area contributed by atoms with Crippen LogP contribution >= 0.6 is 0 Å². The van der Waals surface area contributed by atoms with Gasteiger partial charge in [-0.05, 0) is 13.3 Å². The van der Waals surface area contributed by atoms with E-state index in [9.17, 15) is 14.4 Å². The monoisotopic (exact) mass is 200 g/mol. The Morgan fingerprint density at radius 2 is 1.79 bits per heavy atom. The highest BCUT2D eigenvalue weighted by Gasteiger charge is 2.27. The summed E-state index contributed by atoms with van der Waals surface area (Å²) in [4.78, 5) is 32.4. The van der Waals surface area contributed by atoms with Gasteiger partial charge in [-0.15, -0.1) is 0 Å². The molecule has 0 saturated heterocycles. The molecule has 0 aliphatic heterocycles. The molecule has 1 unspecified atom stereocenters. The highest BCUT2D eigenvalue weighted by Crippen LogP contribution is 2.12. The number of carbonyl (C=O) groups excluding carboxylic acids is 2. The van der Waals surface area contributed by atoms with Crippen molar-refractivity contribution in [2.45, 2.75) is 39.5 Å². The summed E-state index contributed by atoms with van der Waals surface area (Å²) in [6.45, 7) is 3.26. The molecule has 1 N–H and O–H groups in total. The molecule has 0 bridgehead atoms. The maximum absolute atomic E-state index is 11.1. The summed E-state index contributed by atoms with van der Waals surface area (Å²) >= 11 is 0. The van der Waals surface area contributed by atoms with Crippen molar-refractivity contribution in [1.29, 1.82) is 0 Å². The Labute approximate surface area is 83.3 Å². The molecule has 0 aromatic carbocycles. The number of hydrogen-bond acceptors (Lipinski definition) is 3. The smallest absolute Gasteiger partial charge is 0.372 e. The van der Waals surface area contributed by atoms with Crippen LogP contribution in [0.5, 0.6) is 0 Å². The summed E-state index contributed by atoms with van der Waals surface area (Å²) in [5, 5.41) is 8.46. The highest BCUT2D eigenvalue weighted by molar-refractivity contribution is 6.37. The second-order valence-corrected chi connectivity index (χ2v) is 3.33. The molecule has 1 atom stereocenters. The first kappa shape index (κ1) is 12.8. The Morgan fingerprint density at radius 3 is 2.14 bits per heavy atom. The molecule has 14 heavy (non-hydrogen) atoms. The Morgan fingerprint density at radius 1 is 1.21 bits per heavy atom. The molecule has 0 amide bonds. The fraction of sp³-hybridized carbons (Fsp3) is 0.700. The average molecular weight is 200 g/mol. The fourth-order valence-corrected chi connectivity index (χ4v) is 1.27. The first-order chi connectivity index (χ1) is 6.50. The van der Waals surface area contributed by atoms with Crippen molar-refractivity contribution >= 4 is 17.5 Å². The van der Waals surface area contributed by atoms with Crippen LogP contribution in [0.25, 0.3) is 0 Å². The van der Waals surface area contributed by atoms with Gasteiger partial charge in [0.1, 0.15) is 5.78 Å². The van der Waals surface area contributed by atoms with Crippen LogP contribution in [0.2, 0.25) is 0 Å². The predicted molar refractivity (Wildman–Crippen MR) is 51.0 cm³/mol. The highest BCUT2D eigenvalue weighted by atomic mass is 16.4. The van der Waals surface area contributed by atoms with Crippen LogP contribution in [0, 0.1) is 5.92 Å². The van der Waals surface area contributed by atoms with E-state index in [1.54, 1.807) is 0 Å². The number of rotatable bonds is 7. The molecule has 0 fully saturated rings. The first-order valence-electron chi connectivity index (χ1n) is 4.78. The zero-order chi connectivity index (χ0) is 11.1. The Kier molecular flexibility index (Phi) is 5.76. The van der Waals surface area contributed by atoms with Crippen molar-refractivity contribution < 1.29 is 19.5 Å². The second-order valence-electron chi connectivity index (χ2n) is 3.33. The van der Waals surface area contributed by atoms with E-state index in [2.05, 4.69) is 0 Å². The van der Waals surface area contributed by atoms with Gasteiger partial charge in [0.05, 0.1) is 5.92 Å². The number of Topliss-reactive ketones (excluding diaryl/α,β-unsaturated/α-hetero) is 2. The van der Waals surface area contributed by atoms with E-state index in [1.807, 2.05) is 6.92 Å². The summed E-state index contributed by atoms with van der Waals surface area (Å²) in [6.07, 6.45) is 2.97. The second kappa shape index (κ2) is 6.29. The van der Waals surface area contributed by atoms with Crippen LogP contribution in [0.15, 0.2) is 0 Å². The van der Waals surface area contributed by atoms with Crippen LogP contribution in [0.4, 0.5) is 0 Å². The molecule has 0 spiro atoms. The van der Waals surface area contributed by atoms with Crippen molar-refractivity contribution in [1.82, 2.24) is 0 Å². The van der Waals surface area contributed by atoms with E-state index in [1.165, 1.54) is 6.92 Å². The van der Waals surface area contributed by atoms with Crippen molar-refractivity contribution in [3.8, 4) is 0 Å². The van der Waals surface area contributed by atoms with Gasteiger partial charge in [0, 0.05) is 0 Å². The number of carbonyl (C=O) groups is 3. The van der Waals surface area contributed by atoms with Crippen LogP contribution in [-0.2, 0) is 14.4 Å². The van der Waals surface area contributed by atoms with Gasteiger partial charge in [-0.3, -0.25) is 9.59 Å². The third-order valence-electron chi connectivity index (χ3n) is 2.11. The Hall–Kier alpha value is -1.19. The minimum absolute atomic E-state index is 0.353. The fourth-order valence-electron chi connectivity index (χ4n) is 1.27. The summed E-state index contributed by atoms with van der Waals surface area (Å²) < 4.78 is 0. The lowest BCUT2D eigenvalue weighted by Gasteiger charge is -2.08. The Bertz CT molecular complexity index is 232. The lowest BCUT2D eigenvalue weighted by atomic mass is 9.93. The van der Waals surface area contributed by atoms with Gasteiger partial charge < -0.3 is 5.11 Å². The average Bonchev–Trinajstić information content (AvgIpc) is 2.10. The number of carboxylic acid groups (broad SMARTS) is 1. The van der Waals surface area contributed by atoms with Gasteiger partial charge >= 0.3 is 5.97 Å². The molecule has 0 aromatic heterocycles. The summed E-state index contributed by atoms with van der Waals surface area (Å²) in [7, 11) is 0. The molecule has 0 radical (unpaired) electrons. The van der Waals surface area contributed by atoms with E-state index in [0.29, 0.717) is 6.42 Å². The van der Waals surface area contributed by atoms with Gasteiger partial charge in [0.25, 0.3) is 0 Å². The summed E-state index contributed by atoms with van der Waals surface area (Å²) in [5.41, 5.74) is 0. The van der Waals surface area contributed by atoms with Crippen molar-refractivity contribution in [3.05, 3.63) is 0 Å². The van der Waals surface area contributed by atoms with Gasteiger partial charge in [-0.1, -0.05) is 26.2 Å². The Balaban J connectivity index is 4.23. The lowest BCUT2D eigenvalue weighted by molar-refractivity contribution is -0.152. The number of aliphatic carboxylic acids is 1. The van der Waals surface area contributed by atoms with Crippen LogP contribution in [0.3, 0.4) is 0 Å². The van der Waals surface area contributed by atoms with E-state index in [-0.39, 0.29) is 5.78 Å². The van der Waals surface area contributed by atoms with E-state index >= 15 is 0 Å². The van der Waals surface area contributed by atoms with Crippen LogP contribution < -0.4 is 0 Å². The van der Waals surface area contributed by atoms with E-state index < -0.39 is 17.7 Å². The normalized spacial score (nSPS) is 12.1. The van der Waals surface area contributed by atoms with Gasteiger partial charge in [-0.25, -0.2) is 4.79 Å². The molecule has 4 heteroatoms. The number of ketones is 2. The molecule has 0 rings (SSSR count). The lowest BCUT2D eigenvalue weighted by Crippen LogP contribution is -2.28. The zero-order valence-corrected chi connectivity index (χ0v) is 8.58. The van der Waals surface area contributed by atoms with Gasteiger partial charge in [-0.2, -0.15) is 0 Å². The van der Waals surface area contributed by atoms with Crippen molar-refractivity contribution in [2.24, 2.45) is 5.92 Å². The molecular weight excluding hydrogens is 184 g/mol. The molecule has 0 heterocycles. The number of unbranched alkanes of at least 4 members (excludes halogenated alkanes) is 2. The largest absolute Gasteiger partial charge is 0.475 e. The molecule has 0 saturated carbocycles.